The van der Waals surface area contributed by atoms with Gasteiger partial charge < -0.3 is 19.2 Å². The number of ether oxygens (including phenoxy) is 3. The van der Waals surface area contributed by atoms with E-state index in [0.717, 1.165) is 53.2 Å². The number of nitrogens with one attached hydrogen (secondary N) is 1. The summed E-state index contributed by atoms with van der Waals surface area (Å²) in [6.45, 7) is 2.78. The average Bonchev–Trinajstić information content (AvgIpc) is 3.57. The van der Waals surface area contributed by atoms with E-state index in [9.17, 15) is 4.79 Å². The molecule has 1 atom stereocenters. The van der Waals surface area contributed by atoms with Crippen molar-refractivity contribution in [1.29, 1.82) is 0 Å². The fourth-order valence-electron chi connectivity index (χ4n) is 4.62. The zero-order valence-electron chi connectivity index (χ0n) is 20.5. The van der Waals surface area contributed by atoms with E-state index in [1.807, 2.05) is 48.5 Å². The van der Waals surface area contributed by atoms with Crippen LogP contribution in [0.5, 0.6) is 11.5 Å². The van der Waals surface area contributed by atoms with E-state index in [1.54, 1.807) is 18.9 Å². The highest BCUT2D eigenvalue weighted by molar-refractivity contribution is 5.80. The third-order valence-corrected chi connectivity index (χ3v) is 6.48. The number of aromatic nitrogens is 5. The Bertz CT molecular complexity index is 1380. The van der Waals surface area contributed by atoms with Crippen molar-refractivity contribution in [1.82, 2.24) is 30.1 Å². The van der Waals surface area contributed by atoms with Gasteiger partial charge in [-0.15, -0.1) is 5.10 Å². The lowest BCUT2D eigenvalue weighted by molar-refractivity contribution is 0.0914. The van der Waals surface area contributed by atoms with Crippen LogP contribution in [0.2, 0.25) is 0 Å². The van der Waals surface area contributed by atoms with Crippen LogP contribution in [0.15, 0.2) is 53.3 Å². The van der Waals surface area contributed by atoms with E-state index in [4.69, 9.17) is 14.2 Å². The van der Waals surface area contributed by atoms with E-state index >= 15 is 0 Å². The second kappa shape index (κ2) is 10.9. The summed E-state index contributed by atoms with van der Waals surface area (Å²) in [6, 6.07) is 15.4. The Morgan fingerprint density at radius 2 is 1.94 bits per heavy atom. The molecule has 1 fully saturated rings. The minimum absolute atomic E-state index is 0.119. The van der Waals surface area contributed by atoms with Crippen LogP contribution in [-0.4, -0.2) is 57.0 Å². The molecule has 0 bridgehead atoms. The molecule has 36 heavy (non-hydrogen) atoms. The number of tetrazole rings is 1. The molecule has 0 unspecified atom stereocenters. The van der Waals surface area contributed by atoms with E-state index in [2.05, 4.69) is 25.4 Å². The number of H-pyrrole nitrogens is 1. The Hall–Kier alpha value is -3.76. The first-order valence-corrected chi connectivity index (χ1v) is 12.0. The summed E-state index contributed by atoms with van der Waals surface area (Å²) < 4.78 is 18.5. The maximum absolute atomic E-state index is 13.0. The molecule has 5 rings (SSSR count). The lowest BCUT2D eigenvalue weighted by atomic mass is 10.1. The Balaban J connectivity index is 1.45. The number of hydrogen-bond acceptors (Lipinski definition) is 8. The number of methoxy groups -OCH3 is 2. The van der Waals surface area contributed by atoms with Gasteiger partial charge in [0.15, 0.2) is 5.82 Å². The summed E-state index contributed by atoms with van der Waals surface area (Å²) in [7, 11) is 3.29. The van der Waals surface area contributed by atoms with Gasteiger partial charge in [-0.3, -0.25) is 9.69 Å². The number of aromatic amines is 1. The third-order valence-electron chi connectivity index (χ3n) is 6.48. The SMILES string of the molecule is COc1ccc2[nH]c(=O)c(CN(Cc3ccccc3OC)Cc3nnnn3C[C@@H]3CCCO3)cc2c1. The normalized spacial score (nSPS) is 15.6. The fourth-order valence-corrected chi connectivity index (χ4v) is 4.62. The van der Waals surface area contributed by atoms with Crippen LogP contribution in [0.3, 0.4) is 0 Å². The zero-order valence-corrected chi connectivity index (χ0v) is 20.5. The summed E-state index contributed by atoms with van der Waals surface area (Å²) in [5.74, 6) is 2.25. The van der Waals surface area contributed by atoms with E-state index in [1.165, 1.54) is 0 Å². The topological polar surface area (TPSA) is 107 Å². The van der Waals surface area contributed by atoms with Gasteiger partial charge in [-0.1, -0.05) is 18.2 Å². The fraction of sp³-hybridized carbons (Fsp3) is 0.385. The third kappa shape index (κ3) is 5.39. The molecule has 0 amide bonds. The summed E-state index contributed by atoms with van der Waals surface area (Å²) in [5.41, 5.74) is 2.29. The minimum atomic E-state index is -0.128. The molecular formula is C26H30N6O4. The van der Waals surface area contributed by atoms with Gasteiger partial charge in [-0.05, 0) is 53.6 Å². The van der Waals surface area contributed by atoms with Crippen LogP contribution in [0.4, 0.5) is 0 Å². The molecule has 188 valence electrons. The molecule has 1 saturated heterocycles. The van der Waals surface area contributed by atoms with Crippen molar-refractivity contribution in [2.75, 3.05) is 20.8 Å². The number of rotatable bonds is 10. The molecule has 3 heterocycles. The van der Waals surface area contributed by atoms with Crippen LogP contribution in [0, 0.1) is 0 Å². The second-order valence-corrected chi connectivity index (χ2v) is 8.95. The predicted molar refractivity (Wildman–Crippen MR) is 134 cm³/mol. The highest BCUT2D eigenvalue weighted by Crippen LogP contribution is 2.23. The largest absolute Gasteiger partial charge is 0.497 e. The standard InChI is InChI=1S/C26H30N6O4/c1-34-21-9-10-23-19(13-21)12-20(26(33)27-23)15-31(14-18-6-3-4-8-24(18)35-2)17-25-28-29-30-32(25)16-22-7-5-11-36-22/h3-4,6,8-10,12-13,22H,5,7,11,14-17H2,1-2H3,(H,27,33)/t22-/m0/s1. The molecule has 10 heteroatoms. The molecule has 0 radical (unpaired) electrons. The number of nitrogens with zero attached hydrogens (tertiary/aromatic N) is 5. The van der Waals surface area contributed by atoms with Crippen molar-refractivity contribution in [3.63, 3.8) is 0 Å². The maximum Gasteiger partial charge on any atom is 0.252 e. The van der Waals surface area contributed by atoms with E-state index < -0.39 is 0 Å². The lowest BCUT2D eigenvalue weighted by Gasteiger charge is -2.23. The molecule has 2 aromatic heterocycles. The minimum Gasteiger partial charge on any atom is -0.497 e. The molecule has 1 N–H and O–H groups in total. The summed E-state index contributed by atoms with van der Waals surface area (Å²) in [6.07, 6.45) is 2.17. The summed E-state index contributed by atoms with van der Waals surface area (Å²) in [5, 5.41) is 13.3. The van der Waals surface area contributed by atoms with Gasteiger partial charge in [-0.2, -0.15) is 0 Å². The zero-order chi connectivity index (χ0) is 24.9. The maximum atomic E-state index is 13.0. The quantitative estimate of drug-likeness (QED) is 0.362. The Kier molecular flexibility index (Phi) is 7.24. The van der Waals surface area contributed by atoms with Gasteiger partial charge >= 0.3 is 0 Å². The molecule has 10 nitrogen and oxygen atoms in total. The number of benzene rings is 2. The van der Waals surface area contributed by atoms with Gasteiger partial charge in [0.05, 0.1) is 33.4 Å². The van der Waals surface area contributed by atoms with Gasteiger partial charge in [0, 0.05) is 41.7 Å². The number of hydrogen-bond donors (Lipinski definition) is 1. The van der Waals surface area contributed by atoms with Crippen LogP contribution >= 0.6 is 0 Å². The van der Waals surface area contributed by atoms with Crippen LogP contribution < -0.4 is 15.0 Å². The van der Waals surface area contributed by atoms with Crippen molar-refractivity contribution in [3.8, 4) is 11.5 Å². The van der Waals surface area contributed by atoms with Crippen LogP contribution in [0.1, 0.15) is 29.8 Å². The molecule has 0 saturated carbocycles. The van der Waals surface area contributed by atoms with Gasteiger partial charge in [0.1, 0.15) is 11.5 Å². The molecule has 1 aliphatic rings. The molecule has 4 aromatic rings. The monoisotopic (exact) mass is 490 g/mol. The van der Waals surface area contributed by atoms with E-state index in [0.29, 0.717) is 31.7 Å². The number of para-hydroxylation sites is 1. The first-order chi connectivity index (χ1) is 17.6. The van der Waals surface area contributed by atoms with Crippen molar-refractivity contribution >= 4 is 10.9 Å². The summed E-state index contributed by atoms with van der Waals surface area (Å²) in [4.78, 5) is 18.1. The summed E-state index contributed by atoms with van der Waals surface area (Å²) >= 11 is 0. The van der Waals surface area contributed by atoms with Gasteiger partial charge in [0.25, 0.3) is 5.56 Å². The van der Waals surface area contributed by atoms with Crippen LogP contribution in [0.25, 0.3) is 10.9 Å². The van der Waals surface area contributed by atoms with Crippen molar-refractivity contribution in [2.24, 2.45) is 0 Å². The van der Waals surface area contributed by atoms with Crippen molar-refractivity contribution in [3.05, 3.63) is 75.8 Å². The first kappa shape index (κ1) is 24.0. The molecular weight excluding hydrogens is 460 g/mol. The Morgan fingerprint density at radius 3 is 2.75 bits per heavy atom. The van der Waals surface area contributed by atoms with Crippen molar-refractivity contribution < 1.29 is 14.2 Å². The number of pyridine rings is 1. The smallest absolute Gasteiger partial charge is 0.252 e. The van der Waals surface area contributed by atoms with Crippen molar-refractivity contribution in [2.45, 2.75) is 45.1 Å². The lowest BCUT2D eigenvalue weighted by Crippen LogP contribution is -2.29. The molecule has 0 aliphatic carbocycles. The Labute approximate surface area is 208 Å². The molecule has 2 aromatic carbocycles. The molecule has 0 spiro atoms. The first-order valence-electron chi connectivity index (χ1n) is 12.0. The van der Waals surface area contributed by atoms with Gasteiger partial charge in [-0.25, -0.2) is 4.68 Å². The molecule has 1 aliphatic heterocycles. The predicted octanol–water partition coefficient (Wildman–Crippen LogP) is 2.91. The van der Waals surface area contributed by atoms with Crippen LogP contribution in [-0.2, 0) is 30.9 Å². The highest BCUT2D eigenvalue weighted by Gasteiger charge is 2.21. The second-order valence-electron chi connectivity index (χ2n) is 8.95. The average molecular weight is 491 g/mol. The number of fused-ring (bicyclic) bond motifs is 1. The van der Waals surface area contributed by atoms with E-state index in [-0.39, 0.29) is 11.7 Å². The Morgan fingerprint density at radius 1 is 1.08 bits per heavy atom. The highest BCUT2D eigenvalue weighted by atomic mass is 16.5. The van der Waals surface area contributed by atoms with Gasteiger partial charge in [0.2, 0.25) is 0 Å².